The largest absolute Gasteiger partial charge is 0.632 e. The molecule has 0 radical (unpaired) electrons. The maximum atomic E-state index is 10.1. The van der Waals surface area contributed by atoms with E-state index in [2.05, 4.69) is 9.39 Å². The zero-order valence-electron chi connectivity index (χ0n) is 2.85. The van der Waals surface area contributed by atoms with Gasteiger partial charge in [0.1, 0.15) is 13.1 Å². The lowest BCUT2D eigenvalue weighted by Crippen LogP contribution is -1.94. The molecule has 1 saturated heterocycles. The standard InChI is InChI=1S/C2H6NOP/c4-3(5)1-2-3/h1-2,5H2. The van der Waals surface area contributed by atoms with Gasteiger partial charge in [-0.05, 0) is 0 Å². The van der Waals surface area contributed by atoms with E-state index < -0.39 is 0 Å². The maximum Gasteiger partial charge on any atom is 0.129 e. The number of hydrogen-bond donors (Lipinski definition) is 0. The normalized spacial score (nSPS) is 30.0. The summed E-state index contributed by atoms with van der Waals surface area (Å²) in [5.41, 5.74) is 0. The molecule has 30 valence electrons. The highest BCUT2D eigenvalue weighted by Gasteiger charge is 2.25. The molecule has 0 aliphatic carbocycles. The van der Waals surface area contributed by atoms with E-state index in [9.17, 15) is 5.21 Å². The second kappa shape index (κ2) is 0.700. The third kappa shape index (κ3) is 0.839. The van der Waals surface area contributed by atoms with Crippen LogP contribution in [-0.4, -0.2) is 17.5 Å². The Bertz CT molecular complexity index is 47.6. The number of hydroxylamine groups is 2. The third-order valence-electron chi connectivity index (χ3n) is 0.664. The highest BCUT2D eigenvalue weighted by Crippen LogP contribution is 2.24. The molecule has 1 rings (SSSR count). The molecule has 0 bridgehead atoms. The van der Waals surface area contributed by atoms with Crippen molar-refractivity contribution in [3.8, 4) is 0 Å². The van der Waals surface area contributed by atoms with Gasteiger partial charge in [0.15, 0.2) is 0 Å². The van der Waals surface area contributed by atoms with Gasteiger partial charge in [0, 0.05) is 0 Å². The number of quaternary nitrogens is 1. The summed E-state index contributed by atoms with van der Waals surface area (Å²) in [5, 5.41) is 10.1. The predicted molar refractivity (Wildman–Crippen MR) is 23.1 cm³/mol. The van der Waals surface area contributed by atoms with Crippen molar-refractivity contribution in [1.29, 1.82) is 0 Å². The summed E-state index contributed by atoms with van der Waals surface area (Å²) in [7, 11) is 2.21. The summed E-state index contributed by atoms with van der Waals surface area (Å²) in [6, 6.07) is 0. The molecule has 1 fully saturated rings. The molecule has 0 aromatic rings. The molecule has 1 aliphatic rings. The first-order chi connectivity index (χ1) is 2.21. The zero-order chi connectivity index (χ0) is 3.91. The first-order valence-electron chi connectivity index (χ1n) is 1.57. The molecule has 0 aromatic heterocycles. The SMILES string of the molecule is [O-][N+]1(P)CC1. The van der Waals surface area contributed by atoms with Gasteiger partial charge in [-0.1, -0.05) is 0 Å². The van der Waals surface area contributed by atoms with Crippen LogP contribution in [0.25, 0.3) is 0 Å². The average Bonchev–Trinajstić information content (AvgIpc) is 1.76. The van der Waals surface area contributed by atoms with Crippen LogP contribution in [0, 0.1) is 5.21 Å². The van der Waals surface area contributed by atoms with Crippen molar-refractivity contribution in [3.63, 3.8) is 0 Å². The van der Waals surface area contributed by atoms with Gasteiger partial charge >= 0.3 is 0 Å². The summed E-state index contributed by atoms with van der Waals surface area (Å²) >= 11 is 0. The van der Waals surface area contributed by atoms with Crippen LogP contribution in [0.4, 0.5) is 0 Å². The molecule has 5 heavy (non-hydrogen) atoms. The van der Waals surface area contributed by atoms with E-state index in [4.69, 9.17) is 0 Å². The van der Waals surface area contributed by atoms with Gasteiger partial charge in [-0.15, -0.1) is 0 Å². The Morgan fingerprint density at radius 2 is 1.80 bits per heavy atom. The van der Waals surface area contributed by atoms with Gasteiger partial charge in [0.25, 0.3) is 0 Å². The summed E-state index contributed by atoms with van der Waals surface area (Å²) in [6.45, 7) is 1.59. The van der Waals surface area contributed by atoms with E-state index in [1.54, 1.807) is 0 Å². The first-order valence-corrected chi connectivity index (χ1v) is 2.09. The van der Waals surface area contributed by atoms with Crippen molar-refractivity contribution in [2.75, 3.05) is 13.1 Å². The topological polar surface area (TPSA) is 23.1 Å². The highest BCUT2D eigenvalue weighted by atomic mass is 31.0. The van der Waals surface area contributed by atoms with Gasteiger partial charge in [-0.3, -0.25) is 0 Å². The van der Waals surface area contributed by atoms with Crippen LogP contribution < -0.4 is 0 Å². The van der Waals surface area contributed by atoms with Crippen LogP contribution in [0.5, 0.6) is 0 Å². The van der Waals surface area contributed by atoms with Crippen molar-refractivity contribution in [1.82, 2.24) is 0 Å². The van der Waals surface area contributed by atoms with Gasteiger partial charge in [-0.25, -0.2) is 0 Å². The molecular formula is C2H6NOP. The van der Waals surface area contributed by atoms with E-state index in [1.165, 1.54) is 0 Å². The molecule has 1 atom stereocenters. The average molecular weight is 91.1 g/mol. The van der Waals surface area contributed by atoms with Crippen LogP contribution in [0.1, 0.15) is 0 Å². The molecule has 0 amide bonds. The first kappa shape index (κ1) is 3.54. The second-order valence-corrected chi connectivity index (χ2v) is 2.34. The lowest BCUT2D eigenvalue weighted by atomic mass is 11.0. The molecule has 0 aromatic carbocycles. The molecular weight excluding hydrogens is 85.0 g/mol. The zero-order valence-corrected chi connectivity index (χ0v) is 4.00. The van der Waals surface area contributed by atoms with Crippen LogP contribution in [0.2, 0.25) is 0 Å². The van der Waals surface area contributed by atoms with Gasteiger partial charge in [-0.2, -0.15) is 0 Å². The monoisotopic (exact) mass is 91.0 g/mol. The minimum Gasteiger partial charge on any atom is -0.632 e. The van der Waals surface area contributed by atoms with Crippen LogP contribution >= 0.6 is 9.39 Å². The molecule has 1 unspecified atom stereocenters. The Balaban J connectivity index is 2.38. The van der Waals surface area contributed by atoms with Crippen LogP contribution in [-0.2, 0) is 0 Å². The van der Waals surface area contributed by atoms with Crippen molar-refractivity contribution < 1.29 is 4.42 Å². The lowest BCUT2D eigenvalue weighted by Gasteiger charge is -2.10. The van der Waals surface area contributed by atoms with E-state index in [-0.39, 0.29) is 4.42 Å². The van der Waals surface area contributed by atoms with E-state index in [0.717, 1.165) is 13.1 Å². The minimum atomic E-state index is -0.0833. The third-order valence-corrected chi connectivity index (χ3v) is 1.18. The van der Waals surface area contributed by atoms with Crippen molar-refractivity contribution in [2.45, 2.75) is 0 Å². The summed E-state index contributed by atoms with van der Waals surface area (Å²) in [6.07, 6.45) is 0. The molecule has 2 nitrogen and oxygen atoms in total. The Morgan fingerprint density at radius 3 is 1.80 bits per heavy atom. The summed E-state index contributed by atoms with van der Waals surface area (Å²) in [5.74, 6) is 0. The number of hydrogen-bond acceptors (Lipinski definition) is 1. The van der Waals surface area contributed by atoms with Crippen molar-refractivity contribution in [2.24, 2.45) is 0 Å². The van der Waals surface area contributed by atoms with E-state index >= 15 is 0 Å². The quantitative estimate of drug-likeness (QED) is 0.235. The molecule has 0 N–H and O–H groups in total. The van der Waals surface area contributed by atoms with Crippen LogP contribution in [0.3, 0.4) is 0 Å². The molecule has 1 heterocycles. The second-order valence-electron chi connectivity index (χ2n) is 1.40. The predicted octanol–water partition coefficient (Wildman–Crippen LogP) is 0.105. The number of nitrogens with zero attached hydrogens (tertiary/aromatic N) is 1. The van der Waals surface area contributed by atoms with Gasteiger partial charge in [0.2, 0.25) is 0 Å². The Hall–Kier alpha value is 0.350. The fraction of sp³-hybridized carbons (Fsp3) is 1.00. The van der Waals surface area contributed by atoms with Gasteiger partial charge in [0.05, 0.1) is 9.39 Å². The Labute approximate surface area is 33.2 Å². The van der Waals surface area contributed by atoms with Crippen LogP contribution in [0.15, 0.2) is 0 Å². The molecule has 0 spiro atoms. The molecule has 3 heteroatoms. The fourth-order valence-electron chi connectivity index (χ4n) is 0.0986. The lowest BCUT2D eigenvalue weighted by molar-refractivity contribution is -0.586. The van der Waals surface area contributed by atoms with Gasteiger partial charge < -0.3 is 9.62 Å². The highest BCUT2D eigenvalue weighted by molar-refractivity contribution is 7.09. The van der Waals surface area contributed by atoms with Crippen molar-refractivity contribution >= 4 is 9.39 Å². The maximum absolute atomic E-state index is 10.1. The minimum absolute atomic E-state index is 0.0833. The molecule has 0 saturated carbocycles. The van der Waals surface area contributed by atoms with Crippen molar-refractivity contribution in [3.05, 3.63) is 5.21 Å². The molecule has 1 aliphatic heterocycles. The smallest absolute Gasteiger partial charge is 0.129 e. The van der Waals surface area contributed by atoms with E-state index in [0.29, 0.717) is 0 Å². The Kier molecular flexibility index (Phi) is 0.495. The Morgan fingerprint density at radius 1 is 1.60 bits per heavy atom. The fourth-order valence-corrected chi connectivity index (χ4v) is 0.214. The summed E-state index contributed by atoms with van der Waals surface area (Å²) < 4.78 is -0.0833. The summed E-state index contributed by atoms with van der Waals surface area (Å²) in [4.78, 5) is 0. The van der Waals surface area contributed by atoms with E-state index in [1.807, 2.05) is 0 Å². The number of rotatable bonds is 0.